The molecule has 0 spiro atoms. The minimum atomic E-state index is 0.0654. The van der Waals surface area contributed by atoms with Crippen LogP contribution >= 0.6 is 22.6 Å². The molecule has 22 heavy (non-hydrogen) atoms. The number of hydrogen-bond donors (Lipinski definition) is 1. The Labute approximate surface area is 145 Å². The summed E-state index contributed by atoms with van der Waals surface area (Å²) in [6.45, 7) is 6.74. The number of halogens is 1. The van der Waals surface area contributed by atoms with Gasteiger partial charge in [-0.2, -0.15) is 5.10 Å². The summed E-state index contributed by atoms with van der Waals surface area (Å²) >= 11 is 2.25. The minimum absolute atomic E-state index is 0.0654. The monoisotopic (exact) mass is 411 g/mol. The van der Waals surface area contributed by atoms with E-state index in [2.05, 4.69) is 71.1 Å². The maximum Gasteiger partial charge on any atom is 0.222 e. The molecule has 0 aliphatic rings. The van der Waals surface area contributed by atoms with E-state index in [4.69, 9.17) is 0 Å². The highest BCUT2D eigenvalue weighted by Crippen LogP contribution is 2.17. The largest absolute Gasteiger partial charge is 0.349 e. The van der Waals surface area contributed by atoms with Gasteiger partial charge in [0, 0.05) is 19.2 Å². The van der Waals surface area contributed by atoms with Crippen molar-refractivity contribution in [1.29, 1.82) is 0 Å². The second-order valence-corrected chi connectivity index (χ2v) is 6.68. The third-order valence-corrected chi connectivity index (χ3v) is 4.74. The first-order valence-electron chi connectivity index (χ1n) is 7.55. The van der Waals surface area contributed by atoms with Crippen LogP contribution in [0.1, 0.15) is 42.6 Å². The Morgan fingerprint density at radius 3 is 2.55 bits per heavy atom. The van der Waals surface area contributed by atoms with E-state index < -0.39 is 0 Å². The van der Waals surface area contributed by atoms with Crippen LogP contribution in [0.15, 0.2) is 30.5 Å². The Morgan fingerprint density at radius 2 is 2.00 bits per heavy atom. The van der Waals surface area contributed by atoms with E-state index in [1.807, 2.05) is 17.8 Å². The van der Waals surface area contributed by atoms with Gasteiger partial charge >= 0.3 is 0 Å². The predicted molar refractivity (Wildman–Crippen MR) is 96.7 cm³/mol. The number of hydrogen-bond acceptors (Lipinski definition) is 2. The molecule has 0 bridgehead atoms. The summed E-state index contributed by atoms with van der Waals surface area (Å²) in [5, 5.41) is 7.49. The number of benzene rings is 1. The number of nitrogens with zero attached hydrogens (tertiary/aromatic N) is 2. The average molecular weight is 411 g/mol. The van der Waals surface area contributed by atoms with E-state index in [0.29, 0.717) is 13.0 Å². The highest BCUT2D eigenvalue weighted by atomic mass is 127. The molecular formula is C17H22IN3O. The summed E-state index contributed by atoms with van der Waals surface area (Å²) in [6.07, 6.45) is 3.30. The van der Waals surface area contributed by atoms with E-state index in [0.717, 1.165) is 21.2 Å². The van der Waals surface area contributed by atoms with Crippen molar-refractivity contribution in [2.75, 3.05) is 0 Å². The van der Waals surface area contributed by atoms with Gasteiger partial charge in [0.2, 0.25) is 5.91 Å². The maximum atomic E-state index is 12.2. The van der Waals surface area contributed by atoms with Gasteiger partial charge in [0.25, 0.3) is 0 Å². The zero-order valence-corrected chi connectivity index (χ0v) is 15.4. The zero-order valence-electron chi connectivity index (χ0n) is 13.3. The molecule has 0 saturated carbocycles. The number of carbonyl (C=O) groups excluding carboxylic acids is 1. The van der Waals surface area contributed by atoms with Crippen LogP contribution in [-0.4, -0.2) is 15.7 Å². The number of nitrogens with one attached hydrogen (secondary N) is 1. The van der Waals surface area contributed by atoms with Crippen molar-refractivity contribution in [2.45, 2.75) is 46.2 Å². The highest BCUT2D eigenvalue weighted by molar-refractivity contribution is 14.1. The molecule has 1 atom stereocenters. The van der Waals surface area contributed by atoms with Crippen LogP contribution in [0, 0.1) is 17.4 Å². The molecule has 2 rings (SSSR count). The van der Waals surface area contributed by atoms with Crippen LogP contribution in [0.5, 0.6) is 0 Å². The lowest BCUT2D eigenvalue weighted by molar-refractivity contribution is -0.122. The fraction of sp³-hybridized carbons (Fsp3) is 0.412. The number of aryl methyl sites for hydroxylation is 3. The van der Waals surface area contributed by atoms with Gasteiger partial charge in [-0.05, 0) is 48.4 Å². The average Bonchev–Trinajstić information content (AvgIpc) is 2.82. The van der Waals surface area contributed by atoms with Crippen LogP contribution in [0.2, 0.25) is 0 Å². The molecule has 0 fully saturated rings. The Bertz CT molecular complexity index is 614. The molecule has 0 aliphatic heterocycles. The molecule has 2 aromatic rings. The van der Waals surface area contributed by atoms with E-state index in [-0.39, 0.29) is 11.9 Å². The highest BCUT2D eigenvalue weighted by Gasteiger charge is 2.13. The molecule has 1 unspecified atom stereocenters. The van der Waals surface area contributed by atoms with Gasteiger partial charge < -0.3 is 5.32 Å². The van der Waals surface area contributed by atoms with Gasteiger partial charge in [-0.1, -0.05) is 36.8 Å². The third-order valence-electron chi connectivity index (χ3n) is 3.68. The summed E-state index contributed by atoms with van der Waals surface area (Å²) in [5.41, 5.74) is 3.40. The van der Waals surface area contributed by atoms with E-state index in [9.17, 15) is 4.79 Å². The lowest BCUT2D eigenvalue weighted by atomic mass is 10.0. The molecule has 1 aromatic carbocycles. The molecule has 118 valence electrons. The minimum Gasteiger partial charge on any atom is -0.349 e. The standard InChI is InChI=1S/C17H22IN3O/c1-4-16(14-7-5-12(2)6-8-14)19-17(22)9-10-21-11-15(18)13(3)20-21/h5-8,11,16H,4,9-10H2,1-3H3,(H,19,22). The van der Waals surface area contributed by atoms with Gasteiger partial charge in [0.15, 0.2) is 0 Å². The van der Waals surface area contributed by atoms with Gasteiger partial charge in [0.05, 0.1) is 15.3 Å². The quantitative estimate of drug-likeness (QED) is 0.736. The van der Waals surface area contributed by atoms with Crippen LogP contribution < -0.4 is 5.32 Å². The second-order valence-electron chi connectivity index (χ2n) is 5.51. The van der Waals surface area contributed by atoms with Crippen LogP contribution in [0.4, 0.5) is 0 Å². The molecule has 0 radical (unpaired) electrons. The lowest BCUT2D eigenvalue weighted by Gasteiger charge is -2.17. The van der Waals surface area contributed by atoms with Crippen molar-refractivity contribution < 1.29 is 4.79 Å². The normalized spacial score (nSPS) is 12.2. The van der Waals surface area contributed by atoms with Gasteiger partial charge in [-0.15, -0.1) is 0 Å². The predicted octanol–water partition coefficient (Wildman–Crippen LogP) is 3.76. The number of aromatic nitrogens is 2. The van der Waals surface area contributed by atoms with Crippen molar-refractivity contribution in [3.8, 4) is 0 Å². The van der Waals surface area contributed by atoms with Crippen molar-refractivity contribution in [3.05, 3.63) is 50.9 Å². The van der Waals surface area contributed by atoms with E-state index in [1.54, 1.807) is 0 Å². The number of rotatable bonds is 6. The van der Waals surface area contributed by atoms with Crippen LogP contribution in [-0.2, 0) is 11.3 Å². The van der Waals surface area contributed by atoms with Gasteiger partial charge in [-0.3, -0.25) is 9.48 Å². The molecule has 0 saturated heterocycles. The van der Waals surface area contributed by atoms with Crippen molar-refractivity contribution in [3.63, 3.8) is 0 Å². The molecule has 5 heteroatoms. The Morgan fingerprint density at radius 1 is 1.32 bits per heavy atom. The Balaban J connectivity index is 1.90. The molecule has 0 aliphatic carbocycles. The number of carbonyl (C=O) groups is 1. The number of amides is 1. The zero-order chi connectivity index (χ0) is 16.1. The summed E-state index contributed by atoms with van der Waals surface area (Å²) in [7, 11) is 0. The fourth-order valence-electron chi connectivity index (χ4n) is 2.31. The molecule has 1 heterocycles. The van der Waals surface area contributed by atoms with E-state index in [1.165, 1.54) is 5.56 Å². The topological polar surface area (TPSA) is 46.9 Å². The van der Waals surface area contributed by atoms with Crippen molar-refractivity contribution in [1.82, 2.24) is 15.1 Å². The second kappa shape index (κ2) is 7.76. The maximum absolute atomic E-state index is 12.2. The molecule has 1 N–H and O–H groups in total. The SMILES string of the molecule is CCC(NC(=O)CCn1cc(I)c(C)n1)c1ccc(C)cc1. The first kappa shape index (κ1) is 17.0. The summed E-state index contributed by atoms with van der Waals surface area (Å²) in [5.74, 6) is 0.0654. The molecular weight excluding hydrogens is 389 g/mol. The van der Waals surface area contributed by atoms with Crippen molar-refractivity contribution in [2.24, 2.45) is 0 Å². The van der Waals surface area contributed by atoms with Gasteiger partial charge in [0.1, 0.15) is 0 Å². The lowest BCUT2D eigenvalue weighted by Crippen LogP contribution is -2.28. The first-order chi connectivity index (χ1) is 10.5. The molecule has 1 amide bonds. The summed E-state index contributed by atoms with van der Waals surface area (Å²) < 4.78 is 2.97. The fourth-order valence-corrected chi connectivity index (χ4v) is 2.74. The van der Waals surface area contributed by atoms with E-state index >= 15 is 0 Å². The molecule has 1 aromatic heterocycles. The van der Waals surface area contributed by atoms with Crippen LogP contribution in [0.3, 0.4) is 0 Å². The summed E-state index contributed by atoms with van der Waals surface area (Å²) in [4.78, 5) is 12.2. The smallest absolute Gasteiger partial charge is 0.222 e. The first-order valence-corrected chi connectivity index (χ1v) is 8.63. The Kier molecular flexibility index (Phi) is 5.99. The van der Waals surface area contributed by atoms with Gasteiger partial charge in [-0.25, -0.2) is 0 Å². The molecule has 4 nitrogen and oxygen atoms in total. The van der Waals surface area contributed by atoms with Crippen molar-refractivity contribution >= 4 is 28.5 Å². The Hall–Kier alpha value is -1.37. The summed E-state index contributed by atoms with van der Waals surface area (Å²) in [6, 6.07) is 8.41. The van der Waals surface area contributed by atoms with Crippen LogP contribution in [0.25, 0.3) is 0 Å². The third kappa shape index (κ3) is 4.56.